The Morgan fingerprint density at radius 3 is 2.75 bits per heavy atom. The van der Waals surface area contributed by atoms with Crippen molar-refractivity contribution in [3.8, 4) is 0 Å². The number of aromatic nitrogens is 1. The second kappa shape index (κ2) is 5.56. The van der Waals surface area contributed by atoms with Gasteiger partial charge in [0.05, 0.1) is 11.3 Å². The lowest BCUT2D eigenvalue weighted by Gasteiger charge is -2.05. The highest BCUT2D eigenvalue weighted by atomic mass is 35.5. The normalized spacial score (nSPS) is 10.3. The predicted octanol–water partition coefficient (Wildman–Crippen LogP) is 3.19. The van der Waals surface area contributed by atoms with Gasteiger partial charge in [0.25, 0.3) is 5.91 Å². The van der Waals surface area contributed by atoms with Gasteiger partial charge in [-0.1, -0.05) is 11.6 Å². The van der Waals surface area contributed by atoms with Crippen LogP contribution in [0.5, 0.6) is 0 Å². The number of hydrogen-bond acceptors (Lipinski definition) is 4. The number of aryl methyl sites for hydroxylation is 1. The molecule has 1 heterocycles. The Kier molecular flexibility index (Phi) is 4.01. The van der Waals surface area contributed by atoms with Gasteiger partial charge in [-0.25, -0.2) is 9.18 Å². The summed E-state index contributed by atoms with van der Waals surface area (Å²) in [7, 11) is 0. The molecule has 5 nitrogen and oxygen atoms in total. The Morgan fingerprint density at radius 1 is 1.45 bits per heavy atom. The molecule has 0 aliphatic heterocycles. The topological polar surface area (TPSA) is 79.3 Å². The van der Waals surface area contributed by atoms with E-state index in [1.54, 1.807) is 0 Å². The second-order valence-electron chi connectivity index (χ2n) is 3.86. The number of rotatable bonds is 3. The van der Waals surface area contributed by atoms with Gasteiger partial charge in [0.1, 0.15) is 16.4 Å². The summed E-state index contributed by atoms with van der Waals surface area (Å²) in [5.74, 6) is -2.75. The molecule has 0 bridgehead atoms. The molecule has 2 aromatic rings. The Balaban J connectivity index is 2.31. The summed E-state index contributed by atoms with van der Waals surface area (Å²) in [6.45, 7) is 1.51. The number of hydrogen-bond donors (Lipinski definition) is 2. The standard InChI is InChI=1S/C12H8ClFN2O3S/c1-5-9(12(18)19)11(20-16-5)15-10(17)7-3-2-6(13)4-8(7)14/h2-4H,1H3,(H,15,17)(H,18,19). The van der Waals surface area contributed by atoms with Crippen LogP contribution in [-0.2, 0) is 0 Å². The van der Waals surface area contributed by atoms with Gasteiger partial charge in [-0.3, -0.25) is 4.79 Å². The van der Waals surface area contributed by atoms with E-state index in [9.17, 15) is 14.0 Å². The smallest absolute Gasteiger partial charge is 0.340 e. The first-order valence-corrected chi connectivity index (χ1v) is 6.51. The molecular weight excluding hydrogens is 307 g/mol. The minimum Gasteiger partial charge on any atom is -0.478 e. The first-order valence-electron chi connectivity index (χ1n) is 5.36. The van der Waals surface area contributed by atoms with Crippen molar-refractivity contribution in [2.24, 2.45) is 0 Å². The van der Waals surface area contributed by atoms with Gasteiger partial charge in [-0.05, 0) is 36.7 Å². The van der Waals surface area contributed by atoms with Crippen molar-refractivity contribution >= 4 is 40.0 Å². The molecule has 0 aliphatic carbocycles. The molecule has 0 spiro atoms. The monoisotopic (exact) mass is 314 g/mol. The van der Waals surface area contributed by atoms with Crippen LogP contribution in [-0.4, -0.2) is 21.4 Å². The lowest BCUT2D eigenvalue weighted by Crippen LogP contribution is -2.15. The third-order valence-electron chi connectivity index (χ3n) is 2.48. The number of benzene rings is 1. The average Bonchev–Trinajstić information content (AvgIpc) is 2.70. The van der Waals surface area contributed by atoms with Crippen LogP contribution in [0.3, 0.4) is 0 Å². The molecule has 0 saturated carbocycles. The lowest BCUT2D eigenvalue weighted by molar-refractivity contribution is 0.0697. The summed E-state index contributed by atoms with van der Waals surface area (Å²) < 4.78 is 17.4. The summed E-state index contributed by atoms with van der Waals surface area (Å²) >= 11 is 6.42. The highest BCUT2D eigenvalue weighted by Gasteiger charge is 2.21. The number of carbonyl (C=O) groups is 2. The maximum Gasteiger partial charge on any atom is 0.340 e. The Bertz CT molecular complexity index is 702. The van der Waals surface area contributed by atoms with Crippen molar-refractivity contribution < 1.29 is 19.1 Å². The number of aromatic carboxylic acids is 1. The van der Waals surface area contributed by atoms with Crippen molar-refractivity contribution in [1.29, 1.82) is 0 Å². The number of nitrogens with zero attached hydrogens (tertiary/aromatic N) is 1. The van der Waals surface area contributed by atoms with E-state index in [-0.39, 0.29) is 26.8 Å². The van der Waals surface area contributed by atoms with E-state index in [2.05, 4.69) is 9.69 Å². The number of carboxylic acid groups (broad SMARTS) is 1. The van der Waals surface area contributed by atoms with Crippen molar-refractivity contribution in [1.82, 2.24) is 4.37 Å². The average molecular weight is 315 g/mol. The largest absolute Gasteiger partial charge is 0.478 e. The van der Waals surface area contributed by atoms with E-state index in [4.69, 9.17) is 16.7 Å². The highest BCUT2D eigenvalue weighted by molar-refractivity contribution is 7.11. The number of amides is 1. The Labute approximate surface area is 122 Å². The van der Waals surface area contributed by atoms with E-state index in [1.807, 2.05) is 0 Å². The van der Waals surface area contributed by atoms with E-state index in [0.717, 1.165) is 17.6 Å². The molecule has 8 heteroatoms. The van der Waals surface area contributed by atoms with E-state index < -0.39 is 17.7 Å². The predicted molar refractivity (Wildman–Crippen MR) is 73.2 cm³/mol. The summed E-state index contributed by atoms with van der Waals surface area (Å²) in [4.78, 5) is 23.0. The number of anilines is 1. The molecule has 0 aliphatic rings. The third kappa shape index (κ3) is 2.78. The number of nitrogens with one attached hydrogen (secondary N) is 1. The summed E-state index contributed by atoms with van der Waals surface area (Å²) in [6.07, 6.45) is 0. The van der Waals surface area contributed by atoms with Crippen molar-refractivity contribution in [3.63, 3.8) is 0 Å². The number of carbonyl (C=O) groups excluding carboxylic acids is 1. The molecule has 104 valence electrons. The van der Waals surface area contributed by atoms with Crippen LogP contribution < -0.4 is 5.32 Å². The van der Waals surface area contributed by atoms with E-state index >= 15 is 0 Å². The van der Waals surface area contributed by atoms with E-state index in [0.29, 0.717) is 0 Å². The Morgan fingerprint density at radius 2 is 2.15 bits per heavy atom. The highest BCUT2D eigenvalue weighted by Crippen LogP contribution is 2.25. The fraction of sp³-hybridized carbons (Fsp3) is 0.0833. The van der Waals surface area contributed by atoms with Gasteiger partial charge in [-0.15, -0.1) is 0 Å². The zero-order valence-electron chi connectivity index (χ0n) is 10.1. The van der Waals surface area contributed by atoms with Crippen molar-refractivity contribution in [2.45, 2.75) is 6.92 Å². The van der Waals surface area contributed by atoms with Gasteiger partial charge in [0, 0.05) is 5.02 Å². The summed E-state index contributed by atoms with van der Waals surface area (Å²) in [5.41, 5.74) is -0.0381. The van der Waals surface area contributed by atoms with Crippen molar-refractivity contribution in [2.75, 3.05) is 5.32 Å². The van der Waals surface area contributed by atoms with Gasteiger partial charge < -0.3 is 10.4 Å². The molecular formula is C12H8ClFN2O3S. The zero-order valence-corrected chi connectivity index (χ0v) is 11.7. The van der Waals surface area contributed by atoms with Gasteiger partial charge >= 0.3 is 5.97 Å². The van der Waals surface area contributed by atoms with Crippen LogP contribution >= 0.6 is 23.1 Å². The second-order valence-corrected chi connectivity index (χ2v) is 5.07. The molecule has 20 heavy (non-hydrogen) atoms. The molecule has 1 amide bonds. The summed E-state index contributed by atoms with van der Waals surface area (Å²) in [6, 6.07) is 3.60. The van der Waals surface area contributed by atoms with Crippen molar-refractivity contribution in [3.05, 3.63) is 45.9 Å². The minimum absolute atomic E-state index is 0.0642. The maximum absolute atomic E-state index is 13.6. The Hall–Kier alpha value is -1.99. The molecule has 0 radical (unpaired) electrons. The van der Waals surface area contributed by atoms with Crippen LogP contribution in [0.1, 0.15) is 26.4 Å². The molecule has 2 rings (SSSR count). The van der Waals surface area contributed by atoms with Gasteiger partial charge in [0.2, 0.25) is 0 Å². The number of carboxylic acids is 1. The number of halogens is 2. The van der Waals surface area contributed by atoms with E-state index in [1.165, 1.54) is 19.1 Å². The van der Waals surface area contributed by atoms with Gasteiger partial charge in [-0.2, -0.15) is 4.37 Å². The quantitative estimate of drug-likeness (QED) is 0.911. The molecule has 0 saturated heterocycles. The zero-order chi connectivity index (χ0) is 14.9. The molecule has 0 fully saturated rings. The van der Waals surface area contributed by atoms with Crippen LogP contribution in [0.15, 0.2) is 18.2 Å². The molecule has 0 atom stereocenters. The fourth-order valence-corrected chi connectivity index (χ4v) is 2.49. The van der Waals surface area contributed by atoms with Crippen LogP contribution in [0.4, 0.5) is 9.39 Å². The SMILES string of the molecule is Cc1nsc(NC(=O)c2ccc(Cl)cc2F)c1C(=O)O. The van der Waals surface area contributed by atoms with Crippen LogP contribution in [0.2, 0.25) is 5.02 Å². The molecule has 2 N–H and O–H groups in total. The maximum atomic E-state index is 13.6. The minimum atomic E-state index is -1.21. The fourth-order valence-electron chi connectivity index (χ4n) is 1.55. The molecule has 1 aromatic carbocycles. The first-order chi connectivity index (χ1) is 9.40. The first kappa shape index (κ1) is 14.4. The molecule has 1 aromatic heterocycles. The third-order valence-corrected chi connectivity index (χ3v) is 3.57. The summed E-state index contributed by atoms with van der Waals surface area (Å²) in [5, 5.41) is 11.6. The van der Waals surface area contributed by atoms with Gasteiger partial charge in [0.15, 0.2) is 0 Å². The molecule has 0 unspecified atom stereocenters. The lowest BCUT2D eigenvalue weighted by atomic mass is 10.2. The van der Waals surface area contributed by atoms with Crippen LogP contribution in [0.25, 0.3) is 0 Å². The van der Waals surface area contributed by atoms with Crippen LogP contribution in [0, 0.1) is 12.7 Å².